The number of hydrogen-bond acceptors (Lipinski definition) is 5. The van der Waals surface area contributed by atoms with E-state index >= 15 is 0 Å². The maximum absolute atomic E-state index is 12.9. The number of anilines is 1. The van der Waals surface area contributed by atoms with Crippen LogP contribution in [0, 0.1) is 6.92 Å². The third kappa shape index (κ3) is 4.12. The van der Waals surface area contributed by atoms with Crippen LogP contribution in [0.25, 0.3) is 5.69 Å². The fourth-order valence-electron chi connectivity index (χ4n) is 3.42. The number of nitrogens with zero attached hydrogens (tertiary/aromatic N) is 4. The zero-order valence-corrected chi connectivity index (χ0v) is 18.0. The first-order valence-electron chi connectivity index (χ1n) is 9.53. The molecule has 2 aromatic carbocycles. The van der Waals surface area contributed by atoms with Gasteiger partial charge in [-0.05, 0) is 55.0 Å². The van der Waals surface area contributed by atoms with E-state index in [9.17, 15) is 13.2 Å². The molecule has 0 unspecified atom stereocenters. The Morgan fingerprint density at radius 3 is 2.30 bits per heavy atom. The standard InChI is InChI=1S/C21H21ClN4O3S/c1-16-3-2-4-19(15-16)30(28,29)25-13-11-24(12-14-25)20-9-10-21(27)26(23-20)18-7-5-17(22)6-8-18/h2-10,15H,11-14H2,1H3. The van der Waals surface area contributed by atoms with Gasteiger partial charge in [0.1, 0.15) is 5.82 Å². The molecule has 2 heterocycles. The maximum atomic E-state index is 12.9. The number of benzene rings is 2. The monoisotopic (exact) mass is 444 g/mol. The lowest BCUT2D eigenvalue weighted by Crippen LogP contribution is -2.49. The van der Waals surface area contributed by atoms with E-state index in [4.69, 9.17) is 11.6 Å². The van der Waals surface area contributed by atoms with Crippen molar-refractivity contribution in [3.8, 4) is 5.69 Å². The molecular formula is C21H21ClN4O3S. The average molecular weight is 445 g/mol. The topological polar surface area (TPSA) is 75.5 Å². The van der Waals surface area contributed by atoms with Crippen LogP contribution in [0.1, 0.15) is 5.56 Å². The number of rotatable bonds is 4. The summed E-state index contributed by atoms with van der Waals surface area (Å²) in [6, 6.07) is 16.9. The second kappa shape index (κ2) is 8.22. The van der Waals surface area contributed by atoms with Gasteiger partial charge in [-0.25, -0.2) is 8.42 Å². The van der Waals surface area contributed by atoms with Crippen molar-refractivity contribution in [2.24, 2.45) is 0 Å². The zero-order valence-electron chi connectivity index (χ0n) is 16.4. The lowest BCUT2D eigenvalue weighted by atomic mass is 10.2. The number of piperazine rings is 1. The molecule has 9 heteroatoms. The molecule has 1 saturated heterocycles. The minimum atomic E-state index is -3.53. The summed E-state index contributed by atoms with van der Waals surface area (Å²) in [5.74, 6) is 0.622. The average Bonchev–Trinajstić information content (AvgIpc) is 2.75. The van der Waals surface area contributed by atoms with Crippen LogP contribution < -0.4 is 10.5 Å². The van der Waals surface area contributed by atoms with Gasteiger partial charge in [-0.2, -0.15) is 8.99 Å². The van der Waals surface area contributed by atoms with E-state index in [0.29, 0.717) is 47.6 Å². The van der Waals surface area contributed by atoms with Gasteiger partial charge in [0.25, 0.3) is 5.56 Å². The van der Waals surface area contributed by atoms with Crippen molar-refractivity contribution in [3.05, 3.63) is 81.6 Å². The summed E-state index contributed by atoms with van der Waals surface area (Å²) in [5, 5.41) is 5.05. The van der Waals surface area contributed by atoms with Crippen molar-refractivity contribution in [2.75, 3.05) is 31.1 Å². The molecule has 1 aliphatic rings. The van der Waals surface area contributed by atoms with Crippen LogP contribution >= 0.6 is 11.6 Å². The molecule has 0 bridgehead atoms. The molecular weight excluding hydrogens is 424 g/mol. The van der Waals surface area contributed by atoms with Crippen molar-refractivity contribution in [2.45, 2.75) is 11.8 Å². The van der Waals surface area contributed by atoms with Gasteiger partial charge in [-0.15, -0.1) is 5.10 Å². The molecule has 3 aromatic rings. The Labute approximate surface area is 180 Å². The summed E-state index contributed by atoms with van der Waals surface area (Å²) in [6.45, 7) is 3.53. The van der Waals surface area contributed by atoms with Crippen molar-refractivity contribution < 1.29 is 8.42 Å². The van der Waals surface area contributed by atoms with E-state index in [1.54, 1.807) is 48.5 Å². The van der Waals surface area contributed by atoms with Crippen LogP contribution in [0.15, 0.2) is 70.4 Å². The molecule has 156 valence electrons. The smallest absolute Gasteiger partial charge is 0.271 e. The van der Waals surface area contributed by atoms with Crippen molar-refractivity contribution in [3.63, 3.8) is 0 Å². The zero-order chi connectivity index (χ0) is 21.3. The van der Waals surface area contributed by atoms with Crippen LogP contribution in [0.5, 0.6) is 0 Å². The Morgan fingerprint density at radius 2 is 1.63 bits per heavy atom. The third-order valence-electron chi connectivity index (χ3n) is 5.05. The molecule has 0 spiro atoms. The lowest BCUT2D eigenvalue weighted by Gasteiger charge is -2.34. The number of hydrogen-bond donors (Lipinski definition) is 0. The van der Waals surface area contributed by atoms with Gasteiger partial charge in [0.05, 0.1) is 10.6 Å². The molecule has 0 radical (unpaired) electrons. The van der Waals surface area contributed by atoms with E-state index in [-0.39, 0.29) is 5.56 Å². The number of sulfonamides is 1. The van der Waals surface area contributed by atoms with E-state index in [1.165, 1.54) is 15.1 Å². The molecule has 30 heavy (non-hydrogen) atoms. The van der Waals surface area contributed by atoms with Gasteiger partial charge in [0.15, 0.2) is 0 Å². The maximum Gasteiger partial charge on any atom is 0.271 e. The largest absolute Gasteiger partial charge is 0.353 e. The Bertz CT molecular complexity index is 1220. The summed E-state index contributed by atoms with van der Waals surface area (Å²) in [7, 11) is -3.53. The molecule has 0 N–H and O–H groups in total. The van der Waals surface area contributed by atoms with Crippen LogP contribution in [0.3, 0.4) is 0 Å². The molecule has 0 aliphatic carbocycles. The Morgan fingerprint density at radius 1 is 0.933 bits per heavy atom. The fraction of sp³-hybridized carbons (Fsp3) is 0.238. The van der Waals surface area contributed by atoms with Crippen LogP contribution in [0.4, 0.5) is 5.82 Å². The highest BCUT2D eigenvalue weighted by Crippen LogP contribution is 2.21. The van der Waals surface area contributed by atoms with Gasteiger partial charge in [-0.3, -0.25) is 4.79 Å². The molecule has 0 saturated carbocycles. The summed E-state index contributed by atoms with van der Waals surface area (Å²) in [6.07, 6.45) is 0. The highest BCUT2D eigenvalue weighted by Gasteiger charge is 2.29. The van der Waals surface area contributed by atoms with E-state index in [0.717, 1.165) is 5.56 Å². The minimum Gasteiger partial charge on any atom is -0.353 e. The molecule has 1 aromatic heterocycles. The van der Waals surface area contributed by atoms with Crippen molar-refractivity contribution in [1.82, 2.24) is 14.1 Å². The number of aryl methyl sites for hydroxylation is 1. The SMILES string of the molecule is Cc1cccc(S(=O)(=O)N2CCN(c3ccc(=O)n(-c4ccc(Cl)cc4)n3)CC2)c1. The first kappa shape index (κ1) is 20.6. The van der Waals surface area contributed by atoms with Crippen molar-refractivity contribution in [1.29, 1.82) is 0 Å². The second-order valence-electron chi connectivity index (χ2n) is 7.13. The Hall–Kier alpha value is -2.68. The third-order valence-corrected chi connectivity index (χ3v) is 7.19. The van der Waals surface area contributed by atoms with Crippen LogP contribution in [0.2, 0.25) is 5.02 Å². The molecule has 1 fully saturated rings. The summed E-state index contributed by atoms with van der Waals surface area (Å²) < 4.78 is 28.7. The minimum absolute atomic E-state index is 0.248. The van der Waals surface area contributed by atoms with E-state index in [2.05, 4.69) is 5.10 Å². The van der Waals surface area contributed by atoms with Crippen LogP contribution in [-0.4, -0.2) is 48.7 Å². The Kier molecular flexibility index (Phi) is 5.64. The highest BCUT2D eigenvalue weighted by atomic mass is 35.5. The summed E-state index contributed by atoms with van der Waals surface area (Å²) in [5.41, 5.74) is 1.28. The highest BCUT2D eigenvalue weighted by molar-refractivity contribution is 7.89. The Balaban J connectivity index is 1.53. The van der Waals surface area contributed by atoms with Gasteiger partial charge >= 0.3 is 0 Å². The predicted molar refractivity (Wildman–Crippen MR) is 117 cm³/mol. The molecule has 4 rings (SSSR count). The van der Waals surface area contributed by atoms with Gasteiger partial charge in [-0.1, -0.05) is 23.7 Å². The molecule has 7 nitrogen and oxygen atoms in total. The van der Waals surface area contributed by atoms with E-state index < -0.39 is 10.0 Å². The first-order valence-corrected chi connectivity index (χ1v) is 11.3. The lowest BCUT2D eigenvalue weighted by molar-refractivity contribution is 0.383. The number of halogens is 1. The van der Waals surface area contributed by atoms with Crippen LogP contribution in [-0.2, 0) is 10.0 Å². The summed E-state index contributed by atoms with van der Waals surface area (Å²) in [4.78, 5) is 14.6. The molecule has 1 aliphatic heterocycles. The normalized spacial score (nSPS) is 15.3. The molecule has 0 atom stereocenters. The van der Waals surface area contributed by atoms with Gasteiger partial charge in [0, 0.05) is 37.3 Å². The van der Waals surface area contributed by atoms with E-state index in [1.807, 2.05) is 17.9 Å². The first-order chi connectivity index (χ1) is 14.3. The molecule has 0 amide bonds. The summed E-state index contributed by atoms with van der Waals surface area (Å²) >= 11 is 5.93. The second-order valence-corrected chi connectivity index (χ2v) is 9.50. The quantitative estimate of drug-likeness (QED) is 0.618. The predicted octanol–water partition coefficient (Wildman–Crippen LogP) is 2.71. The number of aromatic nitrogens is 2. The van der Waals surface area contributed by atoms with Gasteiger partial charge in [0.2, 0.25) is 10.0 Å². The van der Waals surface area contributed by atoms with Gasteiger partial charge < -0.3 is 4.90 Å². The van der Waals surface area contributed by atoms with Crippen molar-refractivity contribution >= 4 is 27.4 Å². The fourth-order valence-corrected chi connectivity index (χ4v) is 5.07.